The lowest BCUT2D eigenvalue weighted by molar-refractivity contribution is -0.387. The minimum absolute atomic E-state index is 0.144. The molecule has 0 spiro atoms. The summed E-state index contributed by atoms with van der Waals surface area (Å²) in [5.41, 5.74) is 2.45. The second kappa shape index (κ2) is 9.76. The highest BCUT2D eigenvalue weighted by molar-refractivity contribution is 7.89. The summed E-state index contributed by atoms with van der Waals surface area (Å²) in [5.74, 6) is 0.109. The van der Waals surface area contributed by atoms with Crippen LogP contribution in [0.3, 0.4) is 0 Å². The lowest BCUT2D eigenvalue weighted by atomic mass is 9.98. The van der Waals surface area contributed by atoms with E-state index in [1.807, 2.05) is 30.0 Å². The molecule has 1 fully saturated rings. The predicted octanol–water partition coefficient (Wildman–Crippen LogP) is 2.97. The Morgan fingerprint density at radius 3 is 2.38 bits per heavy atom. The monoisotopic (exact) mass is 460 g/mol. The molecule has 1 N–H and O–H groups in total. The van der Waals surface area contributed by atoms with Crippen molar-refractivity contribution in [3.8, 4) is 0 Å². The number of hydrogen-bond donors (Lipinski definition) is 1. The van der Waals surface area contributed by atoms with Crippen molar-refractivity contribution in [2.24, 2.45) is 0 Å². The maximum Gasteiger partial charge on any atom is 0.289 e. The number of hydrogen-bond acceptors (Lipinski definition) is 6. The van der Waals surface area contributed by atoms with E-state index in [2.05, 4.69) is 19.2 Å². The van der Waals surface area contributed by atoms with E-state index >= 15 is 0 Å². The summed E-state index contributed by atoms with van der Waals surface area (Å²) in [7, 11) is -3.99. The van der Waals surface area contributed by atoms with E-state index in [0.29, 0.717) is 13.1 Å². The molecule has 1 aliphatic rings. The van der Waals surface area contributed by atoms with Gasteiger partial charge in [-0.05, 0) is 30.0 Å². The molecule has 0 aromatic heterocycles. The molecule has 0 saturated carbocycles. The zero-order chi connectivity index (χ0) is 23.5. The molecule has 2 aromatic carbocycles. The van der Waals surface area contributed by atoms with E-state index in [0.717, 1.165) is 16.8 Å². The highest BCUT2D eigenvalue weighted by Gasteiger charge is 2.33. The molecule has 0 bridgehead atoms. The van der Waals surface area contributed by atoms with Gasteiger partial charge < -0.3 is 5.32 Å². The summed E-state index contributed by atoms with van der Waals surface area (Å²) < 4.78 is 27.1. The molecule has 3 rings (SSSR count). The molecule has 172 valence electrons. The van der Waals surface area contributed by atoms with Crippen molar-refractivity contribution in [2.75, 3.05) is 38.0 Å². The lowest BCUT2D eigenvalue weighted by Gasteiger charge is -2.33. The van der Waals surface area contributed by atoms with Gasteiger partial charge in [-0.2, -0.15) is 4.31 Å². The van der Waals surface area contributed by atoms with Crippen molar-refractivity contribution in [3.63, 3.8) is 0 Å². The van der Waals surface area contributed by atoms with Crippen LogP contribution >= 0.6 is 0 Å². The van der Waals surface area contributed by atoms with Gasteiger partial charge in [-0.15, -0.1) is 0 Å². The average Bonchev–Trinajstić information content (AvgIpc) is 2.75. The molecule has 1 amide bonds. The number of anilines is 1. The third-order valence-electron chi connectivity index (χ3n) is 5.57. The molecule has 0 unspecified atom stereocenters. The average molecular weight is 461 g/mol. The van der Waals surface area contributed by atoms with E-state index < -0.39 is 20.6 Å². The number of aryl methyl sites for hydroxylation is 1. The lowest BCUT2D eigenvalue weighted by Crippen LogP contribution is -2.50. The molecule has 1 heterocycles. The first-order valence-electron chi connectivity index (χ1n) is 10.5. The summed E-state index contributed by atoms with van der Waals surface area (Å²) in [5, 5.41) is 14.2. The van der Waals surface area contributed by atoms with Crippen LogP contribution in [0.15, 0.2) is 47.4 Å². The molecule has 9 nitrogen and oxygen atoms in total. The molecule has 1 aliphatic heterocycles. The number of amides is 1. The number of nitrogens with one attached hydrogen (secondary N) is 1. The van der Waals surface area contributed by atoms with Crippen LogP contribution in [0.4, 0.5) is 11.4 Å². The number of benzene rings is 2. The Bertz CT molecular complexity index is 1110. The SMILES string of the molecule is Cc1cccc(C(C)C)c1NC(=O)CN1CCN(S(=O)(=O)c2ccccc2[N+](=O)[O-])CC1. The Morgan fingerprint density at radius 2 is 1.75 bits per heavy atom. The number of carbonyl (C=O) groups excluding carboxylic acids is 1. The number of nitrogens with zero attached hydrogens (tertiary/aromatic N) is 3. The molecule has 1 saturated heterocycles. The molecule has 0 atom stereocenters. The summed E-state index contributed by atoms with van der Waals surface area (Å²) in [4.78, 5) is 24.8. The summed E-state index contributed by atoms with van der Waals surface area (Å²) in [6.07, 6.45) is 0. The highest BCUT2D eigenvalue weighted by Crippen LogP contribution is 2.28. The van der Waals surface area contributed by atoms with Crippen LogP contribution in [0, 0.1) is 17.0 Å². The number of carbonyl (C=O) groups is 1. The number of sulfonamides is 1. The molecule has 2 aromatic rings. The van der Waals surface area contributed by atoms with E-state index in [1.165, 1.54) is 28.6 Å². The van der Waals surface area contributed by atoms with Gasteiger partial charge in [0.2, 0.25) is 15.9 Å². The van der Waals surface area contributed by atoms with Crippen molar-refractivity contribution < 1.29 is 18.1 Å². The zero-order valence-electron chi connectivity index (χ0n) is 18.4. The van der Waals surface area contributed by atoms with Crippen molar-refractivity contribution in [2.45, 2.75) is 31.6 Å². The van der Waals surface area contributed by atoms with Gasteiger partial charge in [0.05, 0.1) is 11.5 Å². The van der Waals surface area contributed by atoms with Crippen LogP contribution < -0.4 is 5.32 Å². The minimum Gasteiger partial charge on any atom is -0.324 e. The molecular formula is C22H28N4O5S. The Morgan fingerprint density at radius 1 is 1.09 bits per heavy atom. The van der Waals surface area contributed by atoms with Gasteiger partial charge in [-0.25, -0.2) is 8.42 Å². The number of nitro groups is 1. The third-order valence-corrected chi connectivity index (χ3v) is 7.52. The second-order valence-corrected chi connectivity index (χ2v) is 10.1. The first kappa shape index (κ1) is 23.8. The van der Waals surface area contributed by atoms with E-state index in [1.54, 1.807) is 0 Å². The van der Waals surface area contributed by atoms with Crippen LogP contribution in [0.2, 0.25) is 0 Å². The van der Waals surface area contributed by atoms with E-state index in [4.69, 9.17) is 0 Å². The van der Waals surface area contributed by atoms with Gasteiger partial charge in [0.1, 0.15) is 0 Å². The molecular weight excluding hydrogens is 432 g/mol. The number of piperazine rings is 1. The summed E-state index contributed by atoms with van der Waals surface area (Å²) >= 11 is 0. The van der Waals surface area contributed by atoms with Crippen molar-refractivity contribution >= 4 is 27.3 Å². The van der Waals surface area contributed by atoms with Crippen LogP contribution in [-0.2, 0) is 14.8 Å². The number of rotatable bonds is 7. The van der Waals surface area contributed by atoms with Gasteiger partial charge in [0.25, 0.3) is 5.69 Å². The standard InChI is InChI=1S/C22H28N4O5S/c1-16(2)18-8-6-7-17(3)22(18)23-21(27)15-24-11-13-25(14-12-24)32(30,31)20-10-5-4-9-19(20)26(28)29/h4-10,16H,11-15H2,1-3H3,(H,23,27). The maximum absolute atomic E-state index is 12.9. The first-order valence-corrected chi connectivity index (χ1v) is 11.9. The van der Waals surface area contributed by atoms with Crippen LogP contribution in [-0.4, -0.2) is 61.2 Å². The highest BCUT2D eigenvalue weighted by atomic mass is 32.2. The number of nitro benzene ring substituents is 1. The van der Waals surface area contributed by atoms with Crippen LogP contribution in [0.25, 0.3) is 0 Å². The van der Waals surface area contributed by atoms with Crippen LogP contribution in [0.1, 0.15) is 30.9 Å². The Balaban J connectivity index is 1.64. The van der Waals surface area contributed by atoms with Crippen molar-refractivity contribution in [1.29, 1.82) is 0 Å². The summed E-state index contributed by atoms with van der Waals surface area (Å²) in [6, 6.07) is 11.3. The minimum atomic E-state index is -3.99. The quantitative estimate of drug-likeness (QED) is 0.502. The molecule has 32 heavy (non-hydrogen) atoms. The van der Waals surface area contributed by atoms with E-state index in [-0.39, 0.29) is 36.4 Å². The smallest absolute Gasteiger partial charge is 0.289 e. The van der Waals surface area contributed by atoms with Crippen molar-refractivity contribution in [1.82, 2.24) is 9.21 Å². The molecule has 10 heteroatoms. The number of para-hydroxylation sites is 2. The first-order chi connectivity index (χ1) is 15.1. The van der Waals surface area contributed by atoms with Crippen LogP contribution in [0.5, 0.6) is 0 Å². The van der Waals surface area contributed by atoms with Gasteiger partial charge >= 0.3 is 0 Å². The van der Waals surface area contributed by atoms with E-state index in [9.17, 15) is 23.3 Å². The fraction of sp³-hybridized carbons (Fsp3) is 0.409. The Labute approximate surface area is 188 Å². The van der Waals surface area contributed by atoms with Gasteiger partial charge in [-0.3, -0.25) is 19.8 Å². The topological polar surface area (TPSA) is 113 Å². The van der Waals surface area contributed by atoms with Gasteiger partial charge in [-0.1, -0.05) is 44.2 Å². The maximum atomic E-state index is 12.9. The predicted molar refractivity (Wildman–Crippen MR) is 122 cm³/mol. The normalized spacial score (nSPS) is 15.6. The largest absolute Gasteiger partial charge is 0.324 e. The summed E-state index contributed by atoms with van der Waals surface area (Å²) in [6.45, 7) is 7.27. The van der Waals surface area contributed by atoms with Gasteiger partial charge in [0.15, 0.2) is 4.90 Å². The molecule has 0 aliphatic carbocycles. The third kappa shape index (κ3) is 5.14. The second-order valence-electron chi connectivity index (χ2n) is 8.15. The Hall–Kier alpha value is -2.82. The van der Waals surface area contributed by atoms with Crippen molar-refractivity contribution in [3.05, 3.63) is 63.7 Å². The fourth-order valence-electron chi connectivity index (χ4n) is 3.82. The van der Waals surface area contributed by atoms with Gasteiger partial charge in [0, 0.05) is 37.9 Å². The molecule has 0 radical (unpaired) electrons. The Kier molecular flexibility index (Phi) is 7.27. The zero-order valence-corrected chi connectivity index (χ0v) is 19.3. The fourth-order valence-corrected chi connectivity index (χ4v) is 5.40.